The number of aromatic amines is 2. The minimum absolute atomic E-state index is 0.00866. The molecule has 0 saturated carbocycles. The number of morpholine rings is 1. The summed E-state index contributed by atoms with van der Waals surface area (Å²) in [5, 5.41) is 5.73. The third kappa shape index (κ3) is 8.16. The Morgan fingerprint density at radius 2 is 1.68 bits per heavy atom. The normalized spacial score (nSPS) is 14.5. The first-order valence-electron chi connectivity index (χ1n) is 13.1. The molecule has 1 amide bonds. The van der Waals surface area contributed by atoms with Crippen LogP contribution in [0.1, 0.15) is 12.5 Å². The second-order valence-electron chi connectivity index (χ2n) is 9.58. The molecule has 1 atom stereocenters. The van der Waals surface area contributed by atoms with Gasteiger partial charge in [0.2, 0.25) is 17.6 Å². The van der Waals surface area contributed by atoms with Gasteiger partial charge in [-0.25, -0.2) is 15.6 Å². The van der Waals surface area contributed by atoms with Crippen molar-refractivity contribution >= 4 is 45.7 Å². The molecule has 40 heavy (non-hydrogen) atoms. The lowest BCUT2D eigenvalue weighted by molar-refractivity contribution is -0.635. The van der Waals surface area contributed by atoms with Crippen LogP contribution >= 0.6 is 0 Å². The lowest BCUT2D eigenvalue weighted by Crippen LogP contribution is -2.97. The van der Waals surface area contributed by atoms with Crippen molar-refractivity contribution in [1.29, 1.82) is 0 Å². The third-order valence-corrected chi connectivity index (χ3v) is 6.54. The molecule has 0 aliphatic carbocycles. The number of quaternary nitrogens is 1. The average Bonchev–Trinajstić information content (AvgIpc) is 3.31. The van der Waals surface area contributed by atoms with E-state index in [2.05, 4.69) is 30.9 Å². The summed E-state index contributed by atoms with van der Waals surface area (Å²) in [4.78, 5) is 68.5. The second-order valence-corrected chi connectivity index (χ2v) is 9.58. The van der Waals surface area contributed by atoms with Gasteiger partial charge in [0.25, 0.3) is 5.91 Å². The lowest BCUT2D eigenvalue weighted by Gasteiger charge is -2.26. The van der Waals surface area contributed by atoms with E-state index in [0.717, 1.165) is 19.6 Å². The number of carbonyl (C=O) groups is 4. The second kappa shape index (κ2) is 13.8. The van der Waals surface area contributed by atoms with E-state index in [9.17, 15) is 24.0 Å². The summed E-state index contributed by atoms with van der Waals surface area (Å²) in [7, 11) is 0. The van der Waals surface area contributed by atoms with Gasteiger partial charge in [0.05, 0.1) is 36.5 Å². The van der Waals surface area contributed by atoms with Crippen LogP contribution in [0.4, 0.5) is 11.4 Å². The molecule has 4 rings (SSSR count). The van der Waals surface area contributed by atoms with Crippen molar-refractivity contribution in [2.75, 3.05) is 56.7 Å². The first-order valence-corrected chi connectivity index (χ1v) is 13.1. The van der Waals surface area contributed by atoms with E-state index < -0.39 is 23.5 Å². The number of ether oxygens (including phenoxy) is 1. The number of benzene rings is 2. The largest absolute Gasteiger partial charge is 0.379 e. The Hall–Kier alpha value is -4.17. The first kappa shape index (κ1) is 28.8. The number of amides is 1. The van der Waals surface area contributed by atoms with Crippen LogP contribution in [0, 0.1) is 0 Å². The van der Waals surface area contributed by atoms with Gasteiger partial charge in [0, 0.05) is 45.2 Å². The molecule has 2 heterocycles. The van der Waals surface area contributed by atoms with E-state index in [1.54, 1.807) is 42.5 Å². The molecule has 3 aromatic rings. The minimum atomic E-state index is -1.07. The van der Waals surface area contributed by atoms with E-state index in [-0.39, 0.29) is 24.4 Å². The summed E-state index contributed by atoms with van der Waals surface area (Å²) >= 11 is 0. The van der Waals surface area contributed by atoms with Gasteiger partial charge < -0.3 is 25.3 Å². The van der Waals surface area contributed by atoms with E-state index >= 15 is 0 Å². The average molecular weight is 553 g/mol. The number of carbonyl (C=O) groups excluding carboxylic acids is 4. The summed E-state index contributed by atoms with van der Waals surface area (Å²) in [6.07, 6.45) is -0.0390. The topological polar surface area (TPSA) is 182 Å². The molecule has 212 valence electrons. The van der Waals surface area contributed by atoms with Gasteiger partial charge in [-0.1, -0.05) is 12.1 Å². The summed E-state index contributed by atoms with van der Waals surface area (Å²) < 4.78 is 5.31. The molecule has 1 aromatic heterocycles. The molecule has 1 unspecified atom stereocenters. The summed E-state index contributed by atoms with van der Waals surface area (Å²) in [6.45, 7) is 5.87. The van der Waals surface area contributed by atoms with Crippen LogP contribution in [-0.2, 0) is 30.3 Å². The fraction of sp³-hybridized carbons (Fsp3) is 0.370. The summed E-state index contributed by atoms with van der Waals surface area (Å²) in [5.41, 5.74) is 6.92. The van der Waals surface area contributed by atoms with Gasteiger partial charge >= 0.3 is 5.69 Å². The molecule has 1 aliphatic rings. The van der Waals surface area contributed by atoms with Crippen LogP contribution < -0.4 is 27.2 Å². The Morgan fingerprint density at radius 1 is 0.975 bits per heavy atom. The maximum atomic E-state index is 12.8. The van der Waals surface area contributed by atoms with Crippen molar-refractivity contribution in [2.45, 2.75) is 19.4 Å². The Balaban J connectivity index is 1.22. The number of anilines is 2. The number of nitrogens with two attached hydrogens (primary N) is 1. The number of H-pyrrole nitrogens is 2. The van der Waals surface area contributed by atoms with Crippen molar-refractivity contribution in [1.82, 2.24) is 20.2 Å². The van der Waals surface area contributed by atoms with Gasteiger partial charge in [-0.2, -0.15) is 0 Å². The zero-order valence-electron chi connectivity index (χ0n) is 22.2. The maximum absolute atomic E-state index is 12.8. The number of imidazole rings is 1. The summed E-state index contributed by atoms with van der Waals surface area (Å²) in [6, 6.07) is 10.6. The van der Waals surface area contributed by atoms with Crippen LogP contribution in [0.5, 0.6) is 0 Å². The van der Waals surface area contributed by atoms with Gasteiger partial charge in [-0.15, -0.1) is 0 Å². The molecule has 0 radical (unpaired) electrons. The molecular weight excluding hydrogens is 518 g/mol. The number of Topliss-reactive ketones (excluding diaryl/α,β-unsaturated/α-hetero) is 3. The molecule has 2 aromatic carbocycles. The number of aromatic nitrogens is 2. The molecule has 13 nitrogen and oxygen atoms in total. The molecule has 1 aliphatic heterocycles. The number of ketones is 3. The zero-order chi connectivity index (χ0) is 28.5. The highest BCUT2D eigenvalue weighted by molar-refractivity contribution is 6.38. The number of nitrogens with one attached hydrogen (secondary N) is 5. The number of hydrogen-bond donors (Lipinski definition) is 6. The monoisotopic (exact) mass is 552 g/mol. The van der Waals surface area contributed by atoms with Gasteiger partial charge in [-0.3, -0.25) is 24.1 Å². The highest BCUT2D eigenvalue weighted by Crippen LogP contribution is 2.13. The number of nitrogen functional groups attached to an aromatic ring is 1. The quantitative estimate of drug-likeness (QED) is 0.0478. The van der Waals surface area contributed by atoms with Crippen molar-refractivity contribution in [2.24, 2.45) is 0 Å². The third-order valence-electron chi connectivity index (χ3n) is 6.54. The molecule has 0 bridgehead atoms. The van der Waals surface area contributed by atoms with Crippen molar-refractivity contribution in [3.63, 3.8) is 0 Å². The van der Waals surface area contributed by atoms with Gasteiger partial charge in [-0.05, 0) is 35.9 Å². The highest BCUT2D eigenvalue weighted by atomic mass is 16.5. The Bertz CT molecular complexity index is 1410. The van der Waals surface area contributed by atoms with E-state index in [0.29, 0.717) is 47.7 Å². The van der Waals surface area contributed by atoms with E-state index in [1.165, 1.54) is 12.3 Å². The lowest BCUT2D eigenvalue weighted by atomic mass is 10.1. The fourth-order valence-corrected chi connectivity index (χ4v) is 4.25. The van der Waals surface area contributed by atoms with Crippen molar-refractivity contribution in [3.8, 4) is 0 Å². The van der Waals surface area contributed by atoms with Gasteiger partial charge in [0.1, 0.15) is 0 Å². The smallest absolute Gasteiger partial charge is 0.323 e. The zero-order valence-corrected chi connectivity index (χ0v) is 22.2. The fourth-order valence-electron chi connectivity index (χ4n) is 4.25. The van der Waals surface area contributed by atoms with Crippen molar-refractivity contribution in [3.05, 3.63) is 58.5 Å². The molecule has 13 heteroatoms. The van der Waals surface area contributed by atoms with Crippen LogP contribution in [0.3, 0.4) is 0 Å². The predicted octanol–water partition coefficient (Wildman–Crippen LogP) is -1.05. The standard InChI is InChI=1S/C27H33N7O6/c1-17(35)25(33-32-20-6-7-21-22(15-20)31-27(39)30-21)26(38)29-19-4-2-18(3-5-19)14-23(36)24(37)16-28-8-9-34-10-12-40-13-11-34/h2-7,15,25,28,32-33H,8-14,16H2,1H3,(H,29,38)(H2,30,31,39)/p+1. The number of nitrogens with zero attached hydrogens (tertiary/aromatic N) is 1. The highest BCUT2D eigenvalue weighted by Gasteiger charge is 2.27. The SMILES string of the molecule is CC(=O)C([NH2+]Nc1ccc2[nH]c(=O)[nH]c2c1)C(=O)Nc1ccc(CC(=O)C(=O)CNCCN2CCOCC2)cc1. The Labute approximate surface area is 230 Å². The predicted molar refractivity (Wildman–Crippen MR) is 148 cm³/mol. The maximum Gasteiger partial charge on any atom is 0.323 e. The van der Waals surface area contributed by atoms with E-state index in [4.69, 9.17) is 4.74 Å². The Kier molecular flexibility index (Phi) is 9.91. The van der Waals surface area contributed by atoms with Gasteiger partial charge in [0.15, 0.2) is 5.78 Å². The molecule has 0 spiro atoms. The number of rotatable bonds is 14. The summed E-state index contributed by atoms with van der Waals surface area (Å²) in [5.74, 6) is -1.86. The molecule has 7 N–H and O–H groups in total. The van der Waals surface area contributed by atoms with Crippen LogP contribution in [0.25, 0.3) is 11.0 Å². The molecule has 1 fully saturated rings. The van der Waals surface area contributed by atoms with Crippen LogP contribution in [-0.4, -0.2) is 90.1 Å². The number of fused-ring (bicyclic) bond motifs is 1. The van der Waals surface area contributed by atoms with Crippen LogP contribution in [0.2, 0.25) is 0 Å². The first-order chi connectivity index (χ1) is 19.3. The van der Waals surface area contributed by atoms with Crippen molar-refractivity contribution < 1.29 is 29.3 Å². The molecular formula is C27H34N7O6+. The molecule has 1 saturated heterocycles. The van der Waals surface area contributed by atoms with Crippen LogP contribution in [0.15, 0.2) is 47.3 Å². The van der Waals surface area contributed by atoms with E-state index in [1.807, 2.05) is 0 Å². The minimum Gasteiger partial charge on any atom is -0.379 e. The number of hydrogen-bond acceptors (Lipinski definition) is 9. The Morgan fingerprint density at radius 3 is 2.40 bits per heavy atom.